The minimum Gasteiger partial charge on any atom is -0.482 e. The van der Waals surface area contributed by atoms with Gasteiger partial charge in [0.15, 0.2) is 6.61 Å². The molecule has 7 heteroatoms. The zero-order valence-corrected chi connectivity index (χ0v) is 12.9. The van der Waals surface area contributed by atoms with E-state index < -0.39 is 6.09 Å². The molecule has 1 saturated heterocycles. The van der Waals surface area contributed by atoms with Crippen LogP contribution in [-0.4, -0.2) is 60.8 Å². The molecule has 0 aromatic heterocycles. The molecule has 1 aromatic carbocycles. The van der Waals surface area contributed by atoms with E-state index in [1.165, 1.54) is 0 Å². The third-order valence-electron chi connectivity index (χ3n) is 4.36. The predicted octanol–water partition coefficient (Wildman–Crippen LogP) is 1.14. The highest BCUT2D eigenvalue weighted by Gasteiger charge is 2.26. The molecular formula is C16H21N3O4. The van der Waals surface area contributed by atoms with Crippen molar-refractivity contribution in [2.45, 2.75) is 18.9 Å². The van der Waals surface area contributed by atoms with Crippen LogP contribution in [0.1, 0.15) is 12.8 Å². The molecule has 3 rings (SSSR count). The number of ether oxygens (including phenoxy) is 1. The molecule has 2 aliphatic rings. The van der Waals surface area contributed by atoms with Crippen LogP contribution >= 0.6 is 0 Å². The van der Waals surface area contributed by atoms with E-state index in [1.54, 1.807) is 4.90 Å². The number of carbonyl (C=O) groups is 2. The lowest BCUT2D eigenvalue weighted by Gasteiger charge is -2.35. The number of hydrogen-bond acceptors (Lipinski definition) is 4. The fraction of sp³-hybridized carbons (Fsp3) is 0.500. The molecule has 2 aliphatic heterocycles. The van der Waals surface area contributed by atoms with Crippen LogP contribution in [0, 0.1) is 0 Å². The Bertz CT molecular complexity index is 584. The van der Waals surface area contributed by atoms with Crippen molar-refractivity contribution in [3.05, 3.63) is 24.3 Å². The number of carboxylic acid groups (broad SMARTS) is 1. The maximum absolute atomic E-state index is 12.1. The van der Waals surface area contributed by atoms with Gasteiger partial charge in [-0.05, 0) is 25.0 Å². The first-order chi connectivity index (χ1) is 11.1. The van der Waals surface area contributed by atoms with E-state index in [0.717, 1.165) is 43.9 Å². The van der Waals surface area contributed by atoms with Crippen molar-refractivity contribution in [1.82, 2.24) is 10.2 Å². The van der Waals surface area contributed by atoms with E-state index >= 15 is 0 Å². The molecule has 0 spiro atoms. The highest BCUT2D eigenvalue weighted by molar-refractivity contribution is 5.97. The first-order valence-corrected chi connectivity index (χ1v) is 7.87. The molecule has 23 heavy (non-hydrogen) atoms. The lowest BCUT2D eigenvalue weighted by Crippen LogP contribution is -2.48. The largest absolute Gasteiger partial charge is 0.482 e. The first-order valence-electron chi connectivity index (χ1n) is 7.87. The molecule has 7 nitrogen and oxygen atoms in total. The van der Waals surface area contributed by atoms with Crippen LogP contribution in [0.4, 0.5) is 10.5 Å². The minimum absolute atomic E-state index is 0.0221. The Morgan fingerprint density at radius 3 is 2.74 bits per heavy atom. The predicted molar refractivity (Wildman–Crippen MR) is 84.9 cm³/mol. The number of rotatable bonds is 4. The van der Waals surface area contributed by atoms with Crippen molar-refractivity contribution in [3.8, 4) is 5.75 Å². The van der Waals surface area contributed by atoms with Gasteiger partial charge in [0.2, 0.25) is 0 Å². The number of piperidine rings is 1. The van der Waals surface area contributed by atoms with Gasteiger partial charge in [-0.2, -0.15) is 0 Å². The maximum Gasteiger partial charge on any atom is 0.404 e. The Balaban J connectivity index is 1.53. The molecule has 124 valence electrons. The fourth-order valence-electron chi connectivity index (χ4n) is 3.12. The standard InChI is InChI=1S/C16H21N3O4/c20-15-11-23-14-4-2-1-3-13(14)19(15)10-9-18-7-5-12(6-8-18)17-16(21)22/h1-4,12,17H,5-11H2,(H,21,22). The average molecular weight is 319 g/mol. The normalized spacial score (nSPS) is 19.1. The number of benzene rings is 1. The Morgan fingerprint density at radius 2 is 2.00 bits per heavy atom. The van der Waals surface area contributed by atoms with Crippen LogP contribution in [0.15, 0.2) is 24.3 Å². The summed E-state index contributed by atoms with van der Waals surface area (Å²) < 4.78 is 5.44. The number of likely N-dealkylation sites (tertiary alicyclic amines) is 1. The molecule has 0 atom stereocenters. The quantitative estimate of drug-likeness (QED) is 0.870. The van der Waals surface area contributed by atoms with Crippen LogP contribution < -0.4 is 15.0 Å². The number of carbonyl (C=O) groups excluding carboxylic acids is 1. The van der Waals surface area contributed by atoms with E-state index in [0.29, 0.717) is 6.54 Å². The molecule has 2 heterocycles. The van der Waals surface area contributed by atoms with Gasteiger partial charge in [-0.15, -0.1) is 0 Å². The van der Waals surface area contributed by atoms with Gasteiger partial charge in [0.05, 0.1) is 5.69 Å². The molecule has 0 saturated carbocycles. The maximum atomic E-state index is 12.1. The van der Waals surface area contributed by atoms with Gasteiger partial charge in [-0.25, -0.2) is 4.79 Å². The highest BCUT2D eigenvalue weighted by atomic mass is 16.5. The molecule has 2 N–H and O–H groups in total. The lowest BCUT2D eigenvalue weighted by atomic mass is 10.1. The van der Waals surface area contributed by atoms with Crippen molar-refractivity contribution in [1.29, 1.82) is 0 Å². The van der Waals surface area contributed by atoms with Crippen molar-refractivity contribution >= 4 is 17.7 Å². The Labute approximate surface area is 134 Å². The number of nitrogens with one attached hydrogen (secondary N) is 1. The SMILES string of the molecule is O=C(O)NC1CCN(CCN2C(=O)COc3ccccc32)CC1. The van der Waals surface area contributed by atoms with Crippen molar-refractivity contribution in [2.24, 2.45) is 0 Å². The number of anilines is 1. The molecule has 0 bridgehead atoms. The molecule has 0 unspecified atom stereocenters. The Morgan fingerprint density at radius 1 is 1.26 bits per heavy atom. The Hall–Kier alpha value is -2.28. The van der Waals surface area contributed by atoms with E-state index in [1.807, 2.05) is 24.3 Å². The van der Waals surface area contributed by atoms with Crippen molar-refractivity contribution in [2.75, 3.05) is 37.7 Å². The molecule has 0 radical (unpaired) electrons. The van der Waals surface area contributed by atoms with Crippen LogP contribution in [0.2, 0.25) is 0 Å². The third kappa shape index (κ3) is 3.73. The van der Waals surface area contributed by atoms with Gasteiger partial charge in [-0.1, -0.05) is 12.1 Å². The summed E-state index contributed by atoms with van der Waals surface area (Å²) in [7, 11) is 0. The van der Waals surface area contributed by atoms with Crippen LogP contribution in [0.5, 0.6) is 5.75 Å². The second-order valence-electron chi connectivity index (χ2n) is 5.87. The number of nitrogens with zero attached hydrogens (tertiary/aromatic N) is 2. The summed E-state index contributed by atoms with van der Waals surface area (Å²) >= 11 is 0. The number of para-hydroxylation sites is 2. The van der Waals surface area contributed by atoms with Crippen LogP contribution in [0.3, 0.4) is 0 Å². The zero-order valence-electron chi connectivity index (χ0n) is 12.9. The number of fused-ring (bicyclic) bond motifs is 1. The van der Waals surface area contributed by atoms with Crippen LogP contribution in [-0.2, 0) is 4.79 Å². The van der Waals surface area contributed by atoms with E-state index in [-0.39, 0.29) is 18.6 Å². The molecule has 2 amide bonds. The molecule has 0 aliphatic carbocycles. The monoisotopic (exact) mass is 319 g/mol. The lowest BCUT2D eigenvalue weighted by molar-refractivity contribution is -0.121. The van der Waals surface area contributed by atoms with Crippen molar-refractivity contribution in [3.63, 3.8) is 0 Å². The van der Waals surface area contributed by atoms with E-state index in [4.69, 9.17) is 9.84 Å². The number of amides is 2. The summed E-state index contributed by atoms with van der Waals surface area (Å²) in [5.74, 6) is 0.725. The highest BCUT2D eigenvalue weighted by Crippen LogP contribution is 2.31. The van der Waals surface area contributed by atoms with E-state index in [2.05, 4.69) is 10.2 Å². The zero-order chi connectivity index (χ0) is 16.2. The Kier molecular flexibility index (Phi) is 4.66. The fourth-order valence-corrected chi connectivity index (χ4v) is 3.12. The first kappa shape index (κ1) is 15.6. The number of hydrogen-bond donors (Lipinski definition) is 2. The van der Waals surface area contributed by atoms with Crippen molar-refractivity contribution < 1.29 is 19.4 Å². The van der Waals surface area contributed by atoms with Gasteiger partial charge in [-0.3, -0.25) is 4.79 Å². The minimum atomic E-state index is -0.959. The van der Waals surface area contributed by atoms with E-state index in [9.17, 15) is 9.59 Å². The van der Waals surface area contributed by atoms with Gasteiger partial charge in [0.25, 0.3) is 5.91 Å². The van der Waals surface area contributed by atoms with Gasteiger partial charge < -0.3 is 25.0 Å². The summed E-state index contributed by atoms with van der Waals surface area (Å²) in [5, 5.41) is 11.3. The average Bonchev–Trinajstić information content (AvgIpc) is 2.55. The summed E-state index contributed by atoms with van der Waals surface area (Å²) in [6.45, 7) is 3.16. The topological polar surface area (TPSA) is 82.1 Å². The molecule has 1 fully saturated rings. The van der Waals surface area contributed by atoms with Gasteiger partial charge >= 0.3 is 6.09 Å². The summed E-state index contributed by atoms with van der Waals surface area (Å²) in [5.41, 5.74) is 0.825. The summed E-state index contributed by atoms with van der Waals surface area (Å²) in [4.78, 5) is 26.8. The second-order valence-corrected chi connectivity index (χ2v) is 5.87. The smallest absolute Gasteiger partial charge is 0.404 e. The summed E-state index contributed by atoms with van der Waals surface area (Å²) in [6.07, 6.45) is 0.652. The van der Waals surface area contributed by atoms with Gasteiger partial charge in [0.1, 0.15) is 5.75 Å². The second kappa shape index (κ2) is 6.87. The molecular weight excluding hydrogens is 298 g/mol. The summed E-state index contributed by atoms with van der Waals surface area (Å²) in [6, 6.07) is 7.60. The third-order valence-corrected chi connectivity index (χ3v) is 4.36. The van der Waals surface area contributed by atoms with Crippen LogP contribution in [0.25, 0.3) is 0 Å². The van der Waals surface area contributed by atoms with Gasteiger partial charge in [0, 0.05) is 32.2 Å². The molecule has 1 aromatic rings.